The van der Waals surface area contributed by atoms with Gasteiger partial charge < -0.3 is 14.7 Å². The third-order valence-corrected chi connectivity index (χ3v) is 2.49. The van der Waals surface area contributed by atoms with Gasteiger partial charge in [-0.1, -0.05) is 12.1 Å². The van der Waals surface area contributed by atoms with Crippen LogP contribution in [0.3, 0.4) is 0 Å². The molecule has 1 aromatic rings. The first kappa shape index (κ1) is 12.6. The zero-order valence-electron chi connectivity index (χ0n) is 9.91. The van der Waals surface area contributed by atoms with Crippen molar-refractivity contribution in [2.24, 2.45) is 0 Å². The van der Waals surface area contributed by atoms with Crippen molar-refractivity contribution in [3.63, 3.8) is 0 Å². The molecule has 0 amide bonds. The number of hydroxylamine groups is 2. The summed E-state index contributed by atoms with van der Waals surface area (Å²) < 4.78 is 5.15. The van der Waals surface area contributed by atoms with Crippen LogP contribution in [0.15, 0.2) is 30.3 Å². The smallest absolute Gasteiger partial charge is 0.349 e. The fraction of sp³-hybridized carbons (Fsp3) is 0.308. The Morgan fingerprint density at radius 1 is 1.28 bits per heavy atom. The molecule has 5 nitrogen and oxygen atoms in total. The molecule has 1 aliphatic heterocycles. The number of carbonyl (C=O) groups excluding carboxylic acids is 1. The van der Waals surface area contributed by atoms with Crippen LogP contribution in [-0.4, -0.2) is 42.4 Å². The minimum absolute atomic E-state index is 0.197. The van der Waals surface area contributed by atoms with Crippen LogP contribution in [0.5, 0.6) is 5.75 Å². The molecule has 1 heterocycles. The number of rotatable bonds is 3. The zero-order valence-corrected chi connectivity index (χ0v) is 9.91. The van der Waals surface area contributed by atoms with Gasteiger partial charge in [-0.2, -0.15) is 0 Å². The number of carbonyl (C=O) groups is 1. The van der Waals surface area contributed by atoms with Gasteiger partial charge in [0.2, 0.25) is 0 Å². The van der Waals surface area contributed by atoms with Crippen LogP contribution >= 0.6 is 0 Å². The Hall–Kier alpha value is -1.85. The van der Waals surface area contributed by atoms with Gasteiger partial charge in [-0.3, -0.25) is 0 Å². The molecule has 5 heteroatoms. The number of phenols is 1. The van der Waals surface area contributed by atoms with Gasteiger partial charge in [0.05, 0.1) is 26.3 Å². The fourth-order valence-electron chi connectivity index (χ4n) is 1.55. The second-order valence-electron chi connectivity index (χ2n) is 3.88. The van der Waals surface area contributed by atoms with Gasteiger partial charge in [0.1, 0.15) is 5.75 Å². The minimum Gasteiger partial charge on any atom is -0.508 e. The maximum absolute atomic E-state index is 11.5. The van der Waals surface area contributed by atoms with E-state index >= 15 is 0 Å². The molecule has 96 valence electrons. The molecular weight excluding hydrogens is 234 g/mol. The highest BCUT2D eigenvalue weighted by Crippen LogP contribution is 2.10. The molecule has 0 spiro atoms. The molecule has 0 saturated carbocycles. The molecule has 2 rings (SSSR count). The van der Waals surface area contributed by atoms with Crippen molar-refractivity contribution in [2.75, 3.05) is 26.3 Å². The Kier molecular flexibility index (Phi) is 4.33. The quantitative estimate of drug-likeness (QED) is 0.815. The first-order valence-corrected chi connectivity index (χ1v) is 5.76. The molecule has 0 bridgehead atoms. The minimum atomic E-state index is -0.412. The molecule has 1 saturated heterocycles. The zero-order chi connectivity index (χ0) is 12.8. The van der Waals surface area contributed by atoms with Crippen LogP contribution in [-0.2, 0) is 14.4 Å². The van der Waals surface area contributed by atoms with E-state index in [2.05, 4.69) is 0 Å². The van der Waals surface area contributed by atoms with Crippen molar-refractivity contribution >= 4 is 12.0 Å². The molecule has 0 aliphatic carbocycles. The van der Waals surface area contributed by atoms with E-state index in [0.717, 1.165) is 5.56 Å². The number of benzene rings is 1. The number of morpholine rings is 1. The molecule has 1 aliphatic rings. The Morgan fingerprint density at radius 3 is 2.61 bits per heavy atom. The number of ether oxygens (including phenoxy) is 1. The monoisotopic (exact) mass is 249 g/mol. The van der Waals surface area contributed by atoms with Gasteiger partial charge in [0.15, 0.2) is 0 Å². The fourth-order valence-corrected chi connectivity index (χ4v) is 1.55. The third-order valence-electron chi connectivity index (χ3n) is 2.49. The summed E-state index contributed by atoms with van der Waals surface area (Å²) in [6.45, 7) is 2.35. The summed E-state index contributed by atoms with van der Waals surface area (Å²) in [6, 6.07) is 6.56. The maximum Gasteiger partial charge on any atom is 0.349 e. The SMILES string of the molecule is O=C(/C=C/c1ccc(O)cc1)ON1CCOCC1. The maximum atomic E-state index is 11.5. The van der Waals surface area contributed by atoms with Crippen molar-refractivity contribution in [2.45, 2.75) is 0 Å². The highest BCUT2D eigenvalue weighted by atomic mass is 16.7. The lowest BCUT2D eigenvalue weighted by Gasteiger charge is -2.24. The number of aromatic hydroxyl groups is 1. The van der Waals surface area contributed by atoms with E-state index in [9.17, 15) is 4.79 Å². The van der Waals surface area contributed by atoms with E-state index in [0.29, 0.717) is 26.3 Å². The normalized spacial score (nSPS) is 16.9. The molecule has 1 fully saturated rings. The number of hydrogen-bond donors (Lipinski definition) is 1. The molecule has 1 N–H and O–H groups in total. The Bertz CT molecular complexity index is 421. The molecule has 18 heavy (non-hydrogen) atoms. The second kappa shape index (κ2) is 6.18. The topological polar surface area (TPSA) is 59.0 Å². The number of phenolic OH excluding ortho intramolecular Hbond substituents is 1. The average molecular weight is 249 g/mol. The van der Waals surface area contributed by atoms with E-state index in [1.807, 2.05) is 0 Å². The predicted octanol–water partition coefficient (Wildman–Crippen LogP) is 1.20. The lowest BCUT2D eigenvalue weighted by atomic mass is 10.2. The lowest BCUT2D eigenvalue weighted by Crippen LogP contribution is -2.37. The predicted molar refractivity (Wildman–Crippen MR) is 65.6 cm³/mol. The molecule has 1 aromatic carbocycles. The molecule has 0 unspecified atom stereocenters. The van der Waals surface area contributed by atoms with Gasteiger partial charge in [-0.15, -0.1) is 5.06 Å². The highest BCUT2D eigenvalue weighted by Gasteiger charge is 2.13. The summed E-state index contributed by atoms with van der Waals surface area (Å²) >= 11 is 0. The van der Waals surface area contributed by atoms with E-state index < -0.39 is 5.97 Å². The van der Waals surface area contributed by atoms with Crippen molar-refractivity contribution in [3.05, 3.63) is 35.9 Å². The second-order valence-corrected chi connectivity index (χ2v) is 3.88. The lowest BCUT2D eigenvalue weighted by molar-refractivity contribution is -0.199. The van der Waals surface area contributed by atoms with E-state index in [1.54, 1.807) is 35.4 Å². The van der Waals surface area contributed by atoms with Crippen LogP contribution in [0.1, 0.15) is 5.56 Å². The summed E-state index contributed by atoms with van der Waals surface area (Å²) in [7, 11) is 0. The molecule has 0 atom stereocenters. The van der Waals surface area contributed by atoms with Crippen molar-refractivity contribution in [3.8, 4) is 5.75 Å². The van der Waals surface area contributed by atoms with Crippen LogP contribution in [0, 0.1) is 0 Å². The Morgan fingerprint density at radius 2 is 1.94 bits per heavy atom. The molecule has 0 radical (unpaired) electrons. The first-order chi connectivity index (χ1) is 8.74. The summed E-state index contributed by atoms with van der Waals surface area (Å²) in [5, 5.41) is 10.7. The van der Waals surface area contributed by atoms with Gasteiger partial charge in [0, 0.05) is 6.08 Å². The van der Waals surface area contributed by atoms with Crippen LogP contribution < -0.4 is 0 Å². The van der Waals surface area contributed by atoms with Crippen LogP contribution in [0.25, 0.3) is 6.08 Å². The standard InChI is InChI=1S/C13H15NO4/c15-12-4-1-11(2-5-12)3-6-13(16)18-14-7-9-17-10-8-14/h1-6,15H,7-10H2/b6-3+. The molecule has 0 aromatic heterocycles. The van der Waals surface area contributed by atoms with Crippen molar-refractivity contribution in [1.82, 2.24) is 5.06 Å². The average Bonchev–Trinajstić information content (AvgIpc) is 2.39. The summed E-state index contributed by atoms with van der Waals surface area (Å²) in [6.07, 6.45) is 3.00. The van der Waals surface area contributed by atoms with Crippen LogP contribution in [0.2, 0.25) is 0 Å². The Labute approximate surface area is 105 Å². The summed E-state index contributed by atoms with van der Waals surface area (Å²) in [5.74, 6) is -0.215. The number of nitrogens with zero attached hydrogens (tertiary/aromatic N) is 1. The van der Waals surface area contributed by atoms with Gasteiger partial charge >= 0.3 is 5.97 Å². The van der Waals surface area contributed by atoms with Gasteiger partial charge in [-0.05, 0) is 23.8 Å². The van der Waals surface area contributed by atoms with Crippen molar-refractivity contribution in [1.29, 1.82) is 0 Å². The molecular formula is C13H15NO4. The summed E-state index contributed by atoms with van der Waals surface area (Å²) in [5.41, 5.74) is 0.826. The van der Waals surface area contributed by atoms with E-state index in [4.69, 9.17) is 14.7 Å². The largest absolute Gasteiger partial charge is 0.508 e. The third kappa shape index (κ3) is 3.87. The first-order valence-electron chi connectivity index (χ1n) is 5.76. The van der Waals surface area contributed by atoms with E-state index in [1.165, 1.54) is 6.08 Å². The Balaban J connectivity index is 1.84. The number of hydrogen-bond acceptors (Lipinski definition) is 5. The summed E-state index contributed by atoms with van der Waals surface area (Å²) in [4.78, 5) is 16.6. The van der Waals surface area contributed by atoms with Crippen LogP contribution in [0.4, 0.5) is 0 Å². The van der Waals surface area contributed by atoms with Crippen molar-refractivity contribution < 1.29 is 19.5 Å². The van der Waals surface area contributed by atoms with Gasteiger partial charge in [-0.25, -0.2) is 4.79 Å². The highest BCUT2D eigenvalue weighted by molar-refractivity contribution is 5.86. The van der Waals surface area contributed by atoms with E-state index in [-0.39, 0.29) is 5.75 Å². The van der Waals surface area contributed by atoms with Gasteiger partial charge in [0.25, 0.3) is 0 Å².